The molecule has 5 heteroatoms. The highest BCUT2D eigenvalue weighted by Crippen LogP contribution is 2.36. The van der Waals surface area contributed by atoms with Gasteiger partial charge in [-0.25, -0.2) is 13.8 Å². The maximum Gasteiger partial charge on any atom is 0.161 e. The zero-order valence-electron chi connectivity index (χ0n) is 10.9. The number of aromatic nitrogens is 2. The molecule has 1 fully saturated rings. The van der Waals surface area contributed by atoms with E-state index >= 15 is 0 Å². The molecule has 0 atom stereocenters. The van der Waals surface area contributed by atoms with E-state index in [9.17, 15) is 8.78 Å². The number of rotatable bonds is 2. The Balaban J connectivity index is 2.09. The summed E-state index contributed by atoms with van der Waals surface area (Å²) in [6.45, 7) is 4.04. The molecule has 0 radical (unpaired) electrons. The first-order valence-electron chi connectivity index (χ1n) is 6.70. The zero-order valence-corrected chi connectivity index (χ0v) is 10.9. The summed E-state index contributed by atoms with van der Waals surface area (Å²) < 4.78 is 26.5. The van der Waals surface area contributed by atoms with Crippen LogP contribution in [-0.4, -0.2) is 23.1 Å². The lowest BCUT2D eigenvalue weighted by Crippen LogP contribution is -2.40. The molecule has 1 aliphatic rings. The summed E-state index contributed by atoms with van der Waals surface area (Å²) in [7, 11) is 0. The predicted octanol–water partition coefficient (Wildman–Crippen LogP) is 2.87. The fourth-order valence-electron chi connectivity index (χ4n) is 2.92. The van der Waals surface area contributed by atoms with E-state index in [1.165, 1.54) is 6.07 Å². The fourth-order valence-corrected chi connectivity index (χ4v) is 2.92. The van der Waals surface area contributed by atoms with Gasteiger partial charge in [0.1, 0.15) is 5.82 Å². The summed E-state index contributed by atoms with van der Waals surface area (Å²) in [5, 5.41) is 3.33. The topological polar surface area (TPSA) is 40.7 Å². The summed E-state index contributed by atoms with van der Waals surface area (Å²) >= 11 is 0. The van der Waals surface area contributed by atoms with Gasteiger partial charge in [0.2, 0.25) is 0 Å². The van der Waals surface area contributed by atoms with Gasteiger partial charge in [-0.05, 0) is 32.4 Å². The summed E-state index contributed by atoms with van der Waals surface area (Å²) in [5.74, 6) is -0.823. The Morgan fingerprint density at radius 1 is 1.21 bits per heavy atom. The third-order valence-corrected chi connectivity index (χ3v) is 4.26. The summed E-state index contributed by atoms with van der Waals surface area (Å²) in [4.78, 5) is 7.67. The van der Waals surface area contributed by atoms with Gasteiger partial charge >= 0.3 is 0 Å². The van der Waals surface area contributed by atoms with Crippen LogP contribution in [0.5, 0.6) is 0 Å². The largest absolute Gasteiger partial charge is 0.341 e. The van der Waals surface area contributed by atoms with Crippen LogP contribution in [0.4, 0.5) is 8.78 Å². The normalized spacial score (nSPS) is 18.9. The molecule has 2 heterocycles. The number of H-pyrrole nitrogens is 1. The van der Waals surface area contributed by atoms with Crippen LogP contribution in [0.15, 0.2) is 12.1 Å². The monoisotopic (exact) mass is 265 g/mol. The predicted molar refractivity (Wildman–Crippen MR) is 70.1 cm³/mol. The molecule has 2 N–H and O–H groups in total. The number of imidazole rings is 1. The lowest BCUT2D eigenvalue weighted by molar-refractivity contribution is 0.285. The lowest BCUT2D eigenvalue weighted by atomic mass is 9.76. The van der Waals surface area contributed by atoms with Gasteiger partial charge in [-0.3, -0.25) is 0 Å². The number of nitrogens with zero attached hydrogens (tertiary/aromatic N) is 1. The first kappa shape index (κ1) is 12.5. The van der Waals surface area contributed by atoms with E-state index in [1.54, 1.807) is 0 Å². The molecular weight excluding hydrogens is 248 g/mol. The van der Waals surface area contributed by atoms with E-state index in [4.69, 9.17) is 0 Å². The van der Waals surface area contributed by atoms with Gasteiger partial charge in [0.15, 0.2) is 11.6 Å². The van der Waals surface area contributed by atoms with Gasteiger partial charge in [-0.1, -0.05) is 6.92 Å². The molecule has 0 aliphatic carbocycles. The second kappa shape index (κ2) is 4.56. The molecule has 3 nitrogen and oxygen atoms in total. The average Bonchev–Trinajstić information content (AvgIpc) is 2.83. The first-order chi connectivity index (χ1) is 9.14. The lowest BCUT2D eigenvalue weighted by Gasteiger charge is -2.35. The fraction of sp³-hybridized carbons (Fsp3) is 0.500. The van der Waals surface area contributed by atoms with Crippen molar-refractivity contribution in [1.82, 2.24) is 15.3 Å². The minimum Gasteiger partial charge on any atom is -0.341 e. The minimum absolute atomic E-state index is 0.00276. The molecular formula is C14H17F2N3. The average molecular weight is 265 g/mol. The van der Waals surface area contributed by atoms with Gasteiger partial charge in [0, 0.05) is 17.5 Å². The van der Waals surface area contributed by atoms with Crippen LogP contribution in [0, 0.1) is 11.6 Å². The maximum atomic E-state index is 13.2. The standard InChI is InChI=1S/C14H17F2N3/c1-2-14(3-5-17-6-4-14)13-18-11-7-9(15)10(16)8-12(11)19-13/h7-8,17H,2-6H2,1H3,(H,18,19). The van der Waals surface area contributed by atoms with Crippen molar-refractivity contribution < 1.29 is 8.78 Å². The molecule has 19 heavy (non-hydrogen) atoms. The summed E-state index contributed by atoms with van der Waals surface area (Å²) in [6.07, 6.45) is 2.96. The number of hydrogen-bond acceptors (Lipinski definition) is 2. The Hall–Kier alpha value is -1.49. The van der Waals surface area contributed by atoms with Gasteiger partial charge in [-0.15, -0.1) is 0 Å². The molecule has 0 amide bonds. The van der Waals surface area contributed by atoms with Gasteiger partial charge in [0.05, 0.1) is 11.0 Å². The van der Waals surface area contributed by atoms with E-state index < -0.39 is 11.6 Å². The second-order valence-electron chi connectivity index (χ2n) is 5.25. The van der Waals surface area contributed by atoms with Crippen molar-refractivity contribution in [2.75, 3.05) is 13.1 Å². The molecule has 0 bridgehead atoms. The Morgan fingerprint density at radius 3 is 2.58 bits per heavy atom. The van der Waals surface area contributed by atoms with Crippen LogP contribution in [-0.2, 0) is 5.41 Å². The van der Waals surface area contributed by atoms with Crippen molar-refractivity contribution in [3.63, 3.8) is 0 Å². The number of hydrogen-bond donors (Lipinski definition) is 2. The Bertz CT molecular complexity index is 561. The van der Waals surface area contributed by atoms with E-state index in [-0.39, 0.29) is 5.41 Å². The molecule has 102 valence electrons. The number of fused-ring (bicyclic) bond motifs is 1. The molecule has 1 aromatic heterocycles. The van der Waals surface area contributed by atoms with Crippen molar-refractivity contribution >= 4 is 11.0 Å². The molecule has 1 aliphatic heterocycles. The number of aromatic amines is 1. The highest BCUT2D eigenvalue weighted by Gasteiger charge is 2.35. The Morgan fingerprint density at radius 2 is 1.89 bits per heavy atom. The molecule has 0 spiro atoms. The third-order valence-electron chi connectivity index (χ3n) is 4.26. The van der Waals surface area contributed by atoms with Crippen LogP contribution in [0.2, 0.25) is 0 Å². The molecule has 0 unspecified atom stereocenters. The first-order valence-corrected chi connectivity index (χ1v) is 6.70. The van der Waals surface area contributed by atoms with E-state index in [1.807, 2.05) is 0 Å². The van der Waals surface area contributed by atoms with Gasteiger partial charge in [0.25, 0.3) is 0 Å². The number of piperidine rings is 1. The maximum absolute atomic E-state index is 13.2. The molecule has 0 saturated carbocycles. The van der Waals surface area contributed by atoms with E-state index in [2.05, 4.69) is 22.2 Å². The van der Waals surface area contributed by atoms with Crippen molar-refractivity contribution in [2.45, 2.75) is 31.6 Å². The van der Waals surface area contributed by atoms with Crippen molar-refractivity contribution in [1.29, 1.82) is 0 Å². The van der Waals surface area contributed by atoms with E-state index in [0.717, 1.165) is 44.2 Å². The Kier molecular flexibility index (Phi) is 3.01. The van der Waals surface area contributed by atoms with Crippen LogP contribution in [0.1, 0.15) is 32.0 Å². The summed E-state index contributed by atoms with van der Waals surface area (Å²) in [5.41, 5.74) is 1.07. The van der Waals surface area contributed by atoms with Crippen LogP contribution in [0.3, 0.4) is 0 Å². The number of benzene rings is 1. The number of nitrogens with one attached hydrogen (secondary N) is 2. The smallest absolute Gasteiger partial charge is 0.161 e. The zero-order chi connectivity index (χ0) is 13.5. The van der Waals surface area contributed by atoms with Gasteiger partial charge in [-0.2, -0.15) is 0 Å². The second-order valence-corrected chi connectivity index (χ2v) is 5.25. The van der Waals surface area contributed by atoms with Crippen molar-refractivity contribution in [2.24, 2.45) is 0 Å². The van der Waals surface area contributed by atoms with Gasteiger partial charge < -0.3 is 10.3 Å². The molecule has 3 rings (SSSR count). The van der Waals surface area contributed by atoms with Crippen LogP contribution >= 0.6 is 0 Å². The van der Waals surface area contributed by atoms with Crippen molar-refractivity contribution in [3.05, 3.63) is 29.6 Å². The quantitative estimate of drug-likeness (QED) is 0.876. The Labute approximate surface area is 110 Å². The number of halogens is 2. The third kappa shape index (κ3) is 2.02. The highest BCUT2D eigenvalue weighted by atomic mass is 19.2. The molecule has 1 aromatic carbocycles. The highest BCUT2D eigenvalue weighted by molar-refractivity contribution is 5.75. The van der Waals surface area contributed by atoms with Crippen LogP contribution < -0.4 is 5.32 Å². The molecule has 2 aromatic rings. The SMILES string of the molecule is CCC1(c2nc3cc(F)c(F)cc3[nH]2)CCNCC1. The minimum atomic E-state index is -0.846. The summed E-state index contributed by atoms with van der Waals surface area (Å²) in [6, 6.07) is 2.35. The van der Waals surface area contributed by atoms with Crippen molar-refractivity contribution in [3.8, 4) is 0 Å². The van der Waals surface area contributed by atoms with E-state index in [0.29, 0.717) is 11.0 Å². The molecule has 1 saturated heterocycles. The van der Waals surface area contributed by atoms with Crippen LogP contribution in [0.25, 0.3) is 11.0 Å².